The topological polar surface area (TPSA) is 93.4 Å². The molecule has 0 bridgehead atoms. The van der Waals surface area contributed by atoms with Crippen LogP contribution in [0.5, 0.6) is 0 Å². The largest absolute Gasteiger partial charge is 0.416 e. The molecule has 3 heterocycles. The minimum atomic E-state index is -4.36. The van der Waals surface area contributed by atoms with Crippen molar-refractivity contribution >= 4 is 28.7 Å². The van der Waals surface area contributed by atoms with Crippen LogP contribution < -0.4 is 10.6 Å². The van der Waals surface area contributed by atoms with Gasteiger partial charge in [0.25, 0.3) is 0 Å². The molecular weight excluding hydrogens is 409 g/mol. The van der Waals surface area contributed by atoms with Gasteiger partial charge in [-0.15, -0.1) is 0 Å². The molecule has 0 unspecified atom stereocenters. The molecule has 1 aliphatic rings. The van der Waals surface area contributed by atoms with Gasteiger partial charge in [-0.1, -0.05) is 12.1 Å². The lowest BCUT2D eigenvalue weighted by Gasteiger charge is -2.11. The van der Waals surface area contributed by atoms with Gasteiger partial charge in [0, 0.05) is 12.2 Å². The average molecular weight is 426 g/mol. The Kier molecular flexibility index (Phi) is 4.64. The van der Waals surface area contributed by atoms with E-state index in [2.05, 4.69) is 35.6 Å². The van der Waals surface area contributed by atoms with Crippen LogP contribution in [0.3, 0.4) is 0 Å². The highest BCUT2D eigenvalue weighted by Crippen LogP contribution is 2.30. The maximum atomic E-state index is 12.8. The summed E-state index contributed by atoms with van der Waals surface area (Å²) >= 11 is 0. The number of fused-ring (bicyclic) bond motifs is 1. The normalized spacial score (nSPS) is 14.0. The predicted molar refractivity (Wildman–Crippen MR) is 108 cm³/mol. The van der Waals surface area contributed by atoms with E-state index in [1.165, 1.54) is 18.5 Å². The van der Waals surface area contributed by atoms with E-state index in [-0.39, 0.29) is 0 Å². The minimum absolute atomic E-state index is 0.321. The molecule has 5 rings (SSSR count). The van der Waals surface area contributed by atoms with E-state index in [1.807, 2.05) is 0 Å². The van der Waals surface area contributed by atoms with Gasteiger partial charge in [0.15, 0.2) is 17.0 Å². The third-order valence-corrected chi connectivity index (χ3v) is 4.84. The summed E-state index contributed by atoms with van der Waals surface area (Å²) in [6.45, 7) is 0.321. The summed E-state index contributed by atoms with van der Waals surface area (Å²) in [5.41, 5.74) is 1.19. The van der Waals surface area contributed by atoms with Crippen molar-refractivity contribution in [3.8, 4) is 0 Å². The van der Waals surface area contributed by atoms with Crippen LogP contribution in [0.2, 0.25) is 0 Å². The lowest BCUT2D eigenvalue weighted by atomic mass is 10.1. The Labute approximate surface area is 174 Å². The van der Waals surface area contributed by atoms with Gasteiger partial charge in [0.2, 0.25) is 5.95 Å². The van der Waals surface area contributed by atoms with Gasteiger partial charge in [0.05, 0.1) is 18.4 Å². The predicted octanol–water partition coefficient (Wildman–Crippen LogP) is 4.00. The van der Waals surface area contributed by atoms with Gasteiger partial charge in [-0.05, 0) is 36.6 Å². The summed E-state index contributed by atoms with van der Waals surface area (Å²) in [7, 11) is 0. The average Bonchev–Trinajstić information content (AvgIpc) is 3.48. The van der Waals surface area contributed by atoms with Crippen LogP contribution in [-0.4, -0.2) is 35.5 Å². The molecule has 11 heteroatoms. The first kappa shape index (κ1) is 19.2. The lowest BCUT2D eigenvalue weighted by Crippen LogP contribution is -2.09. The number of aromatic nitrogens is 6. The molecule has 1 fully saturated rings. The molecule has 158 valence electrons. The number of halogens is 3. The Morgan fingerprint density at radius 3 is 2.52 bits per heavy atom. The van der Waals surface area contributed by atoms with Crippen molar-refractivity contribution in [1.82, 2.24) is 29.5 Å². The number of hydrogen-bond acceptors (Lipinski definition) is 7. The molecule has 31 heavy (non-hydrogen) atoms. The summed E-state index contributed by atoms with van der Waals surface area (Å²) < 4.78 is 40.3. The molecule has 1 aliphatic carbocycles. The number of hydrogen-bond donors (Lipinski definition) is 2. The van der Waals surface area contributed by atoms with Gasteiger partial charge in [-0.25, -0.2) is 15.0 Å². The summed E-state index contributed by atoms with van der Waals surface area (Å²) in [6.07, 6.45) is 2.39. The second-order valence-electron chi connectivity index (χ2n) is 7.27. The highest BCUT2D eigenvalue weighted by atomic mass is 19.4. The molecule has 0 aliphatic heterocycles. The number of anilines is 3. The quantitative estimate of drug-likeness (QED) is 0.481. The fourth-order valence-corrected chi connectivity index (χ4v) is 3.11. The number of benzene rings is 1. The molecule has 0 radical (unpaired) electrons. The zero-order valence-corrected chi connectivity index (χ0v) is 16.1. The smallest absolute Gasteiger partial charge is 0.365 e. The Hall–Kier alpha value is -3.76. The number of nitrogens with zero attached hydrogens (tertiary/aromatic N) is 6. The maximum absolute atomic E-state index is 12.8. The first-order valence-electron chi connectivity index (χ1n) is 9.64. The molecule has 4 aromatic rings. The van der Waals surface area contributed by atoms with Crippen molar-refractivity contribution in [1.29, 1.82) is 0 Å². The van der Waals surface area contributed by atoms with E-state index >= 15 is 0 Å². The molecule has 0 atom stereocenters. The van der Waals surface area contributed by atoms with E-state index in [4.69, 9.17) is 0 Å². The summed E-state index contributed by atoms with van der Waals surface area (Å²) in [5, 5.41) is 6.42. The molecule has 1 aromatic carbocycles. The zero-order chi connectivity index (χ0) is 21.4. The van der Waals surface area contributed by atoms with Crippen LogP contribution in [0, 0.1) is 0 Å². The van der Waals surface area contributed by atoms with Crippen molar-refractivity contribution in [2.24, 2.45) is 0 Å². The van der Waals surface area contributed by atoms with Crippen LogP contribution in [0.1, 0.15) is 24.0 Å². The highest BCUT2D eigenvalue weighted by molar-refractivity contribution is 5.85. The zero-order valence-electron chi connectivity index (χ0n) is 16.1. The fourth-order valence-electron chi connectivity index (χ4n) is 3.11. The first-order valence-corrected chi connectivity index (χ1v) is 9.64. The third kappa shape index (κ3) is 4.25. The number of imidazole rings is 1. The van der Waals surface area contributed by atoms with Crippen molar-refractivity contribution in [2.45, 2.75) is 31.6 Å². The van der Waals surface area contributed by atoms with E-state index in [1.54, 1.807) is 23.2 Å². The summed E-state index contributed by atoms with van der Waals surface area (Å²) in [5.74, 6) is 1.49. The van der Waals surface area contributed by atoms with Gasteiger partial charge < -0.3 is 15.2 Å². The number of rotatable bonds is 6. The standard InChI is InChI=1S/C20H17F3N8/c21-20(22,23)13-3-1-12(2-4-13)9-31-11-26-16-17(27-14-5-6-14)29-19(30-18(16)31)28-15-7-8-24-10-25-15/h1-4,7-8,10-11,14H,5-6,9H2,(H2,24,25,27,28,29,30). The fraction of sp³-hybridized carbons (Fsp3) is 0.250. The molecule has 1 saturated carbocycles. The second kappa shape index (κ2) is 7.49. The molecule has 0 spiro atoms. The van der Waals surface area contributed by atoms with Crippen LogP contribution in [0.4, 0.5) is 30.8 Å². The number of nitrogens with one attached hydrogen (secondary N) is 2. The van der Waals surface area contributed by atoms with Crippen LogP contribution in [-0.2, 0) is 12.7 Å². The van der Waals surface area contributed by atoms with Crippen molar-refractivity contribution < 1.29 is 13.2 Å². The van der Waals surface area contributed by atoms with Gasteiger partial charge >= 0.3 is 6.18 Å². The Bertz CT molecular complexity index is 1200. The Morgan fingerprint density at radius 1 is 1.03 bits per heavy atom. The highest BCUT2D eigenvalue weighted by Gasteiger charge is 2.30. The molecular formula is C20H17F3N8. The van der Waals surface area contributed by atoms with E-state index < -0.39 is 11.7 Å². The van der Waals surface area contributed by atoms with Gasteiger partial charge in [0.1, 0.15) is 12.1 Å². The Balaban J connectivity index is 1.48. The van der Waals surface area contributed by atoms with Crippen LogP contribution in [0.25, 0.3) is 11.2 Å². The van der Waals surface area contributed by atoms with Crippen LogP contribution in [0.15, 0.2) is 49.2 Å². The molecule has 0 amide bonds. The maximum Gasteiger partial charge on any atom is 0.416 e. The van der Waals surface area contributed by atoms with Crippen molar-refractivity contribution in [2.75, 3.05) is 10.6 Å². The first-order chi connectivity index (χ1) is 15.0. The van der Waals surface area contributed by atoms with Gasteiger partial charge in [-0.3, -0.25) is 0 Å². The van der Waals surface area contributed by atoms with Crippen molar-refractivity contribution in [3.63, 3.8) is 0 Å². The summed E-state index contributed by atoms with van der Waals surface area (Å²) in [4.78, 5) is 21.6. The monoisotopic (exact) mass is 426 g/mol. The number of alkyl halides is 3. The van der Waals surface area contributed by atoms with Crippen molar-refractivity contribution in [3.05, 3.63) is 60.3 Å². The molecule has 2 N–H and O–H groups in total. The summed E-state index contributed by atoms with van der Waals surface area (Å²) in [6, 6.07) is 7.11. The minimum Gasteiger partial charge on any atom is -0.365 e. The Morgan fingerprint density at radius 2 is 1.84 bits per heavy atom. The van der Waals surface area contributed by atoms with E-state index in [0.29, 0.717) is 46.9 Å². The SMILES string of the molecule is FC(F)(F)c1ccc(Cn2cnc3c(NC4CC4)nc(Nc4ccncn4)nc32)cc1. The molecule has 8 nitrogen and oxygen atoms in total. The van der Waals surface area contributed by atoms with Gasteiger partial charge in [-0.2, -0.15) is 23.1 Å². The third-order valence-electron chi connectivity index (χ3n) is 4.84. The van der Waals surface area contributed by atoms with Crippen LogP contribution >= 0.6 is 0 Å². The van der Waals surface area contributed by atoms with E-state index in [9.17, 15) is 13.2 Å². The second-order valence-corrected chi connectivity index (χ2v) is 7.27. The molecule has 3 aromatic heterocycles. The lowest BCUT2D eigenvalue weighted by molar-refractivity contribution is -0.137. The van der Waals surface area contributed by atoms with E-state index in [0.717, 1.165) is 25.0 Å². The molecule has 0 saturated heterocycles.